The minimum absolute atomic E-state index is 0.237. The highest BCUT2D eigenvalue weighted by molar-refractivity contribution is 6.13. The van der Waals surface area contributed by atoms with Gasteiger partial charge < -0.3 is 15.5 Å². The van der Waals surface area contributed by atoms with E-state index in [9.17, 15) is 9.59 Å². The van der Waals surface area contributed by atoms with E-state index >= 15 is 0 Å². The molecule has 3 amide bonds. The first-order valence-electron chi connectivity index (χ1n) is 12.5. The fourth-order valence-electron chi connectivity index (χ4n) is 5.41. The van der Waals surface area contributed by atoms with Crippen LogP contribution in [0.2, 0.25) is 0 Å². The van der Waals surface area contributed by atoms with E-state index in [-0.39, 0.29) is 11.9 Å². The van der Waals surface area contributed by atoms with E-state index in [1.807, 2.05) is 55.5 Å². The zero-order chi connectivity index (χ0) is 24.4. The van der Waals surface area contributed by atoms with Crippen LogP contribution in [0.25, 0.3) is 10.8 Å². The Morgan fingerprint density at radius 3 is 2.51 bits per heavy atom. The highest BCUT2D eigenvalue weighted by atomic mass is 16.2. The second-order valence-corrected chi connectivity index (χ2v) is 9.57. The molecule has 6 nitrogen and oxygen atoms in total. The molecule has 35 heavy (non-hydrogen) atoms. The molecule has 6 heteroatoms. The molecule has 1 aliphatic carbocycles. The molecule has 0 aromatic heterocycles. The number of nitrogens with one attached hydrogen (secondary N) is 2. The van der Waals surface area contributed by atoms with Crippen molar-refractivity contribution in [2.24, 2.45) is 10.9 Å². The molecule has 2 aliphatic rings. The Morgan fingerprint density at radius 1 is 0.971 bits per heavy atom. The van der Waals surface area contributed by atoms with E-state index in [1.54, 1.807) is 11.9 Å². The predicted molar refractivity (Wildman–Crippen MR) is 141 cm³/mol. The normalized spacial score (nSPS) is 19.5. The van der Waals surface area contributed by atoms with Crippen LogP contribution < -0.4 is 15.5 Å². The molecular weight excluding hydrogens is 436 g/mol. The quantitative estimate of drug-likeness (QED) is 0.525. The number of urea groups is 1. The van der Waals surface area contributed by atoms with Crippen LogP contribution in [0.5, 0.6) is 0 Å². The van der Waals surface area contributed by atoms with Crippen LogP contribution in [-0.4, -0.2) is 30.9 Å². The van der Waals surface area contributed by atoms with Gasteiger partial charge in [0.2, 0.25) is 6.17 Å². The van der Waals surface area contributed by atoms with Crippen molar-refractivity contribution in [1.29, 1.82) is 0 Å². The number of carbonyl (C=O) groups is 2. The van der Waals surface area contributed by atoms with Gasteiger partial charge in [0, 0.05) is 18.5 Å². The van der Waals surface area contributed by atoms with Crippen molar-refractivity contribution in [2.45, 2.75) is 51.2 Å². The summed E-state index contributed by atoms with van der Waals surface area (Å²) in [6.45, 7) is 1.95. The molecular formula is C29H32N4O2. The van der Waals surface area contributed by atoms with Gasteiger partial charge in [0.1, 0.15) is 0 Å². The number of aliphatic imine (C=N–C) groups is 1. The average molecular weight is 469 g/mol. The first-order valence-corrected chi connectivity index (χ1v) is 12.5. The van der Waals surface area contributed by atoms with Crippen LogP contribution >= 0.6 is 0 Å². The molecule has 3 aromatic rings. The number of benzene rings is 3. The Bertz CT molecular complexity index is 1270. The van der Waals surface area contributed by atoms with Crippen LogP contribution in [0.4, 0.5) is 10.5 Å². The number of amides is 3. The van der Waals surface area contributed by atoms with Crippen LogP contribution in [-0.2, 0) is 4.79 Å². The van der Waals surface area contributed by atoms with E-state index in [2.05, 4.69) is 28.8 Å². The molecule has 0 saturated heterocycles. The van der Waals surface area contributed by atoms with E-state index in [4.69, 9.17) is 4.99 Å². The lowest BCUT2D eigenvalue weighted by atomic mass is 9.83. The van der Waals surface area contributed by atoms with Gasteiger partial charge in [-0.25, -0.2) is 4.79 Å². The molecule has 1 aliphatic heterocycles. The summed E-state index contributed by atoms with van der Waals surface area (Å²) in [5.74, 6) is 0.0578. The lowest BCUT2D eigenvalue weighted by molar-refractivity contribution is -0.119. The third-order valence-corrected chi connectivity index (χ3v) is 7.27. The molecule has 2 N–H and O–H groups in total. The Balaban J connectivity index is 1.40. The fraction of sp³-hybridized carbons (Fsp3) is 0.345. The van der Waals surface area contributed by atoms with Crippen molar-refractivity contribution in [3.63, 3.8) is 0 Å². The van der Waals surface area contributed by atoms with Gasteiger partial charge in [-0.3, -0.25) is 9.79 Å². The molecule has 5 rings (SSSR count). The Hall–Kier alpha value is -3.67. The summed E-state index contributed by atoms with van der Waals surface area (Å²) < 4.78 is 0. The molecule has 1 saturated carbocycles. The number of para-hydroxylation sites is 1. The van der Waals surface area contributed by atoms with Crippen LogP contribution in [0.1, 0.15) is 56.2 Å². The summed E-state index contributed by atoms with van der Waals surface area (Å²) in [6.07, 6.45) is 4.71. The monoisotopic (exact) mass is 468 g/mol. The second-order valence-electron chi connectivity index (χ2n) is 9.57. The van der Waals surface area contributed by atoms with Crippen molar-refractivity contribution < 1.29 is 9.59 Å². The summed E-state index contributed by atoms with van der Waals surface area (Å²) in [5.41, 5.74) is 3.80. The number of carbonyl (C=O) groups excluding carboxylic acids is 2. The number of hydrogen-bond donors (Lipinski definition) is 2. The van der Waals surface area contributed by atoms with E-state index < -0.39 is 12.2 Å². The van der Waals surface area contributed by atoms with Crippen LogP contribution in [0, 0.1) is 5.92 Å². The second kappa shape index (κ2) is 9.90. The zero-order valence-electron chi connectivity index (χ0n) is 20.3. The predicted octanol–water partition coefficient (Wildman–Crippen LogP) is 5.57. The Kier molecular flexibility index (Phi) is 6.53. The minimum Gasteiger partial charge on any atom is -0.332 e. The molecule has 180 valence electrons. The number of fused-ring (bicyclic) bond motifs is 2. The van der Waals surface area contributed by atoms with Crippen molar-refractivity contribution in [3.05, 3.63) is 77.9 Å². The minimum atomic E-state index is -0.968. The Morgan fingerprint density at radius 2 is 1.69 bits per heavy atom. The maximum Gasteiger partial charge on any atom is 0.317 e. The van der Waals surface area contributed by atoms with Gasteiger partial charge in [-0.1, -0.05) is 79.9 Å². The first kappa shape index (κ1) is 23.1. The molecule has 2 atom stereocenters. The number of rotatable bonds is 4. The lowest BCUT2D eigenvalue weighted by Crippen LogP contribution is -2.49. The van der Waals surface area contributed by atoms with Crippen LogP contribution in [0.3, 0.4) is 0 Å². The third kappa shape index (κ3) is 4.65. The number of hydrogen-bond acceptors (Lipinski definition) is 3. The summed E-state index contributed by atoms with van der Waals surface area (Å²) in [7, 11) is 1.76. The smallest absolute Gasteiger partial charge is 0.317 e. The largest absolute Gasteiger partial charge is 0.332 e. The standard InChI is InChI=1S/C29H32N4O2/c1-19(22-17-10-14-20-11-6-7-15-23(20)22)30-29(35)32-27-28(34)33(2)25-18-9-8-16-24(25)26(31-27)21-12-4-3-5-13-21/h6-11,14-19,21,27H,3-5,12-13H2,1-2H3,(H2,30,32,35). The summed E-state index contributed by atoms with van der Waals surface area (Å²) >= 11 is 0. The van der Waals surface area contributed by atoms with Gasteiger partial charge in [-0.05, 0) is 42.2 Å². The summed E-state index contributed by atoms with van der Waals surface area (Å²) in [4.78, 5) is 33.0. The number of benzodiazepines with no additional fused rings is 1. The Labute approximate surface area is 206 Å². The van der Waals surface area contributed by atoms with Crippen LogP contribution in [0.15, 0.2) is 71.7 Å². The number of nitrogens with zero attached hydrogens (tertiary/aromatic N) is 2. The van der Waals surface area contributed by atoms with Gasteiger partial charge in [0.15, 0.2) is 0 Å². The molecule has 2 unspecified atom stereocenters. The zero-order valence-corrected chi connectivity index (χ0v) is 20.3. The number of anilines is 1. The molecule has 1 heterocycles. The van der Waals surface area contributed by atoms with Gasteiger partial charge in [-0.15, -0.1) is 0 Å². The molecule has 1 fully saturated rings. The van der Waals surface area contributed by atoms with Crippen molar-refractivity contribution in [1.82, 2.24) is 10.6 Å². The van der Waals surface area contributed by atoms with Gasteiger partial charge in [0.25, 0.3) is 5.91 Å². The van der Waals surface area contributed by atoms with E-state index in [0.29, 0.717) is 5.92 Å². The molecule has 0 radical (unpaired) electrons. The molecule has 0 spiro atoms. The summed E-state index contributed by atoms with van der Waals surface area (Å²) in [5, 5.41) is 8.10. The maximum atomic E-state index is 13.4. The van der Waals surface area contributed by atoms with E-state index in [0.717, 1.165) is 59.0 Å². The van der Waals surface area contributed by atoms with E-state index in [1.165, 1.54) is 6.42 Å². The van der Waals surface area contributed by atoms with Gasteiger partial charge in [-0.2, -0.15) is 0 Å². The topological polar surface area (TPSA) is 73.8 Å². The lowest BCUT2D eigenvalue weighted by Gasteiger charge is -2.25. The average Bonchev–Trinajstić information content (AvgIpc) is 2.99. The van der Waals surface area contributed by atoms with Gasteiger partial charge >= 0.3 is 6.03 Å². The molecule has 0 bridgehead atoms. The first-order chi connectivity index (χ1) is 17.0. The number of likely N-dealkylation sites (N-methyl/N-ethyl adjacent to an activating group) is 1. The fourth-order valence-corrected chi connectivity index (χ4v) is 5.41. The third-order valence-electron chi connectivity index (χ3n) is 7.27. The van der Waals surface area contributed by atoms with Gasteiger partial charge in [0.05, 0.1) is 17.4 Å². The van der Waals surface area contributed by atoms with Crippen molar-refractivity contribution >= 4 is 34.1 Å². The molecule has 3 aromatic carbocycles. The van der Waals surface area contributed by atoms with Crippen molar-refractivity contribution in [2.75, 3.05) is 11.9 Å². The highest BCUT2D eigenvalue weighted by Gasteiger charge is 2.33. The highest BCUT2D eigenvalue weighted by Crippen LogP contribution is 2.33. The van der Waals surface area contributed by atoms with Crippen molar-refractivity contribution in [3.8, 4) is 0 Å². The maximum absolute atomic E-state index is 13.4. The summed E-state index contributed by atoms with van der Waals surface area (Å²) in [6, 6.07) is 21.5. The SMILES string of the molecule is CC(NC(=O)NC1N=C(C2CCCCC2)c2ccccc2N(C)C1=O)c1cccc2ccccc12.